The zero-order valence-electron chi connectivity index (χ0n) is 9.55. The molecule has 84 valence electrons. The average molecular weight is 208 g/mol. The summed E-state index contributed by atoms with van der Waals surface area (Å²) in [6.45, 7) is 1.20. The third-order valence-corrected chi connectivity index (χ3v) is 1.95. The van der Waals surface area contributed by atoms with Gasteiger partial charge >= 0.3 is 0 Å². The lowest BCUT2D eigenvalue weighted by atomic mass is 10.1. The lowest BCUT2D eigenvalue weighted by molar-refractivity contribution is -0.0315. The predicted molar refractivity (Wildman–Crippen MR) is 62.1 cm³/mol. The number of terminal acetylenes is 1. The van der Waals surface area contributed by atoms with E-state index in [1.54, 1.807) is 7.11 Å². The Morgan fingerprint density at radius 2 is 1.80 bits per heavy atom. The highest BCUT2D eigenvalue weighted by atomic mass is 16.7. The maximum absolute atomic E-state index is 5.18. The summed E-state index contributed by atoms with van der Waals surface area (Å²) in [4.78, 5) is 0. The molecular weight excluding hydrogens is 188 g/mol. The van der Waals surface area contributed by atoms with E-state index in [1.807, 2.05) is 0 Å². The van der Waals surface area contributed by atoms with Crippen LogP contribution in [0.4, 0.5) is 0 Å². The number of rotatable bonds is 9. The Hall–Kier alpha value is -0.960. The van der Waals surface area contributed by atoms with Gasteiger partial charge in [-0.1, -0.05) is 25.2 Å². The van der Waals surface area contributed by atoms with Crippen LogP contribution in [0.15, 0.2) is 0 Å². The van der Waals surface area contributed by atoms with E-state index in [-0.39, 0.29) is 0 Å². The topological polar surface area (TPSA) is 18.5 Å². The van der Waals surface area contributed by atoms with E-state index in [0.29, 0.717) is 6.79 Å². The molecule has 0 aliphatic rings. The van der Waals surface area contributed by atoms with Crippen LogP contribution in [-0.4, -0.2) is 20.5 Å². The summed E-state index contributed by atoms with van der Waals surface area (Å²) in [5.74, 6) is 7.85. The van der Waals surface area contributed by atoms with Crippen LogP contribution in [0.1, 0.15) is 38.5 Å². The monoisotopic (exact) mass is 208 g/mol. The molecule has 2 nitrogen and oxygen atoms in total. The van der Waals surface area contributed by atoms with Gasteiger partial charge in [0.25, 0.3) is 0 Å². The first-order chi connectivity index (χ1) is 7.41. The van der Waals surface area contributed by atoms with Crippen molar-refractivity contribution >= 4 is 0 Å². The summed E-state index contributed by atoms with van der Waals surface area (Å²) in [6, 6.07) is 0. The second kappa shape index (κ2) is 13.0. The Morgan fingerprint density at radius 3 is 2.53 bits per heavy atom. The van der Waals surface area contributed by atoms with Gasteiger partial charge in [0.05, 0.1) is 0 Å². The van der Waals surface area contributed by atoms with Crippen molar-refractivity contribution in [2.45, 2.75) is 38.5 Å². The molecule has 0 aromatic heterocycles. The van der Waals surface area contributed by atoms with Crippen molar-refractivity contribution in [2.24, 2.45) is 0 Å². The maximum Gasteiger partial charge on any atom is 0.146 e. The highest BCUT2D eigenvalue weighted by molar-refractivity contribution is 5.21. The van der Waals surface area contributed by atoms with E-state index in [1.165, 1.54) is 19.3 Å². The molecule has 0 bridgehead atoms. The summed E-state index contributed by atoms with van der Waals surface area (Å²) < 4.78 is 9.95. The molecule has 0 unspecified atom stereocenters. The molecule has 0 heterocycles. The van der Waals surface area contributed by atoms with Crippen LogP contribution >= 0.6 is 0 Å². The predicted octanol–water partition coefficient (Wildman–Crippen LogP) is 2.58. The molecule has 0 N–H and O–H groups in total. The number of hydrogen-bond acceptors (Lipinski definition) is 2. The molecular formula is C13H20O2. The second-order valence-electron chi connectivity index (χ2n) is 3.28. The standard InChI is InChI=1S/C13H20O2/c1-3-4-5-6-7-8-9-10-11-12-15-13-14-2/h1H,6-13H2,2H3. The van der Waals surface area contributed by atoms with Crippen LogP contribution < -0.4 is 0 Å². The summed E-state index contributed by atoms with van der Waals surface area (Å²) in [6.07, 6.45) is 11.9. The lowest BCUT2D eigenvalue weighted by Gasteiger charge is -2.02. The van der Waals surface area contributed by atoms with E-state index < -0.39 is 0 Å². The Kier molecular flexibility index (Phi) is 12.2. The molecule has 0 aromatic rings. The third kappa shape index (κ3) is 13.0. The molecule has 0 aliphatic heterocycles. The minimum absolute atomic E-state index is 0.404. The number of ether oxygens (including phenoxy) is 2. The molecule has 0 fully saturated rings. The Morgan fingerprint density at radius 1 is 1.07 bits per heavy atom. The van der Waals surface area contributed by atoms with Crippen molar-refractivity contribution in [3.05, 3.63) is 0 Å². The van der Waals surface area contributed by atoms with Crippen molar-refractivity contribution in [2.75, 3.05) is 20.5 Å². The van der Waals surface area contributed by atoms with Gasteiger partial charge in [0.1, 0.15) is 6.79 Å². The highest BCUT2D eigenvalue weighted by Crippen LogP contribution is 2.04. The van der Waals surface area contributed by atoms with Gasteiger partial charge in [-0.25, -0.2) is 0 Å². The normalized spacial score (nSPS) is 9.07. The number of methoxy groups -OCH3 is 1. The average Bonchev–Trinajstić information content (AvgIpc) is 2.26. The smallest absolute Gasteiger partial charge is 0.146 e. The maximum atomic E-state index is 5.18. The molecule has 0 saturated heterocycles. The van der Waals surface area contributed by atoms with Crippen molar-refractivity contribution in [1.82, 2.24) is 0 Å². The highest BCUT2D eigenvalue weighted by Gasteiger charge is 1.90. The van der Waals surface area contributed by atoms with E-state index in [0.717, 1.165) is 25.9 Å². The van der Waals surface area contributed by atoms with E-state index in [4.69, 9.17) is 15.9 Å². The van der Waals surface area contributed by atoms with Gasteiger partial charge in [0.15, 0.2) is 0 Å². The van der Waals surface area contributed by atoms with Gasteiger partial charge < -0.3 is 9.47 Å². The first-order valence-corrected chi connectivity index (χ1v) is 5.42. The van der Waals surface area contributed by atoms with Crippen molar-refractivity contribution in [3.63, 3.8) is 0 Å². The summed E-state index contributed by atoms with van der Waals surface area (Å²) in [5.41, 5.74) is 0. The van der Waals surface area contributed by atoms with E-state index in [2.05, 4.69) is 17.8 Å². The molecule has 0 aromatic carbocycles. The molecule has 15 heavy (non-hydrogen) atoms. The first-order valence-electron chi connectivity index (χ1n) is 5.42. The fourth-order valence-electron chi connectivity index (χ4n) is 1.20. The molecule has 0 amide bonds. The number of hydrogen-bond donors (Lipinski definition) is 0. The van der Waals surface area contributed by atoms with E-state index >= 15 is 0 Å². The van der Waals surface area contributed by atoms with Gasteiger partial charge in [-0.05, 0) is 24.7 Å². The van der Waals surface area contributed by atoms with Crippen LogP contribution in [0.2, 0.25) is 0 Å². The van der Waals surface area contributed by atoms with Crippen molar-refractivity contribution in [1.29, 1.82) is 0 Å². The molecule has 0 aliphatic carbocycles. The van der Waals surface area contributed by atoms with Gasteiger partial charge in [0.2, 0.25) is 0 Å². The van der Waals surface area contributed by atoms with Crippen LogP contribution in [0, 0.1) is 24.2 Å². The SMILES string of the molecule is C#CC#CCCCCCCCOCOC. The number of unbranched alkanes of at least 4 members (excludes halogenated alkanes) is 5. The molecule has 0 spiro atoms. The Balaban J connectivity index is 2.96. The van der Waals surface area contributed by atoms with E-state index in [9.17, 15) is 0 Å². The molecule has 0 saturated carbocycles. The largest absolute Gasteiger partial charge is 0.359 e. The fourth-order valence-corrected chi connectivity index (χ4v) is 1.20. The van der Waals surface area contributed by atoms with Crippen LogP contribution in [-0.2, 0) is 9.47 Å². The Labute approximate surface area is 93.3 Å². The van der Waals surface area contributed by atoms with Crippen LogP contribution in [0.25, 0.3) is 0 Å². The van der Waals surface area contributed by atoms with Crippen molar-refractivity contribution in [3.8, 4) is 24.2 Å². The molecule has 0 rings (SSSR count). The minimum atomic E-state index is 0.404. The van der Waals surface area contributed by atoms with Gasteiger partial charge in [-0.2, -0.15) is 0 Å². The minimum Gasteiger partial charge on any atom is -0.359 e. The van der Waals surface area contributed by atoms with Gasteiger partial charge in [-0.3, -0.25) is 0 Å². The third-order valence-electron chi connectivity index (χ3n) is 1.95. The molecule has 0 atom stereocenters. The summed E-state index contributed by atoms with van der Waals surface area (Å²) in [7, 11) is 1.64. The summed E-state index contributed by atoms with van der Waals surface area (Å²) in [5, 5.41) is 0. The zero-order chi connectivity index (χ0) is 11.2. The molecule has 0 radical (unpaired) electrons. The first kappa shape index (κ1) is 14.0. The van der Waals surface area contributed by atoms with Crippen molar-refractivity contribution < 1.29 is 9.47 Å². The summed E-state index contributed by atoms with van der Waals surface area (Å²) >= 11 is 0. The fraction of sp³-hybridized carbons (Fsp3) is 0.692. The van der Waals surface area contributed by atoms with Gasteiger partial charge in [-0.15, -0.1) is 6.42 Å². The quantitative estimate of drug-likeness (QED) is 0.329. The van der Waals surface area contributed by atoms with Crippen LogP contribution in [0.5, 0.6) is 0 Å². The zero-order valence-corrected chi connectivity index (χ0v) is 9.55. The molecule has 2 heteroatoms. The Bertz CT molecular complexity index is 217. The second-order valence-corrected chi connectivity index (χ2v) is 3.28. The van der Waals surface area contributed by atoms with Gasteiger partial charge in [0, 0.05) is 20.1 Å². The lowest BCUT2D eigenvalue weighted by Crippen LogP contribution is -1.98. The van der Waals surface area contributed by atoms with Crippen LogP contribution in [0.3, 0.4) is 0 Å².